The molecular formula is C22H39NO. The number of hydrogen-bond acceptors (Lipinski definition) is 1. The molecule has 0 aliphatic carbocycles. The van der Waals surface area contributed by atoms with Gasteiger partial charge in [-0.15, -0.1) is 0 Å². The van der Waals surface area contributed by atoms with Crippen LogP contribution in [0, 0.1) is 0 Å². The van der Waals surface area contributed by atoms with Crippen LogP contribution >= 0.6 is 0 Å². The molecule has 1 amide bonds. The highest BCUT2D eigenvalue weighted by Gasteiger charge is 2.16. The number of carbonyl (C=O) groups is 1. The molecule has 0 saturated carbocycles. The van der Waals surface area contributed by atoms with Gasteiger partial charge in [0.15, 0.2) is 0 Å². The van der Waals surface area contributed by atoms with Gasteiger partial charge in [-0.2, -0.15) is 0 Å². The highest BCUT2D eigenvalue weighted by atomic mass is 16.2. The Balaban J connectivity index is 1.81. The summed E-state index contributed by atoms with van der Waals surface area (Å²) in [6, 6.07) is 0. The Morgan fingerprint density at radius 1 is 0.792 bits per heavy atom. The van der Waals surface area contributed by atoms with Crippen molar-refractivity contribution in [1.82, 2.24) is 4.90 Å². The quantitative estimate of drug-likeness (QED) is 0.265. The van der Waals surface area contributed by atoms with E-state index in [1.807, 2.05) is 4.90 Å². The van der Waals surface area contributed by atoms with Gasteiger partial charge in [-0.05, 0) is 51.4 Å². The number of unbranched alkanes of at least 4 members (excludes halogenated alkanes) is 8. The van der Waals surface area contributed by atoms with Crippen molar-refractivity contribution in [2.24, 2.45) is 0 Å². The Morgan fingerprint density at radius 3 is 2.04 bits per heavy atom. The van der Waals surface area contributed by atoms with E-state index in [0.717, 1.165) is 32.4 Å². The van der Waals surface area contributed by atoms with Crippen molar-refractivity contribution in [1.29, 1.82) is 0 Å². The minimum Gasteiger partial charge on any atom is -0.343 e. The van der Waals surface area contributed by atoms with Gasteiger partial charge in [-0.1, -0.05) is 63.3 Å². The van der Waals surface area contributed by atoms with Gasteiger partial charge in [0.2, 0.25) is 5.91 Å². The summed E-state index contributed by atoms with van der Waals surface area (Å²) < 4.78 is 0. The van der Waals surface area contributed by atoms with E-state index in [9.17, 15) is 4.79 Å². The molecule has 0 radical (unpaired) electrons. The van der Waals surface area contributed by atoms with Crippen molar-refractivity contribution < 1.29 is 4.79 Å². The van der Waals surface area contributed by atoms with Crippen molar-refractivity contribution in [3.8, 4) is 0 Å². The minimum absolute atomic E-state index is 0.387. The second kappa shape index (κ2) is 15.5. The maximum absolute atomic E-state index is 11.9. The first-order valence-electron chi connectivity index (χ1n) is 10.4. The second-order valence-corrected chi connectivity index (χ2v) is 7.07. The number of amides is 1. The minimum atomic E-state index is 0.387. The lowest BCUT2D eigenvalue weighted by molar-refractivity contribution is -0.130. The number of allylic oxidation sites excluding steroid dienone is 4. The zero-order valence-electron chi connectivity index (χ0n) is 16.0. The van der Waals surface area contributed by atoms with Gasteiger partial charge in [0.25, 0.3) is 0 Å². The van der Waals surface area contributed by atoms with Gasteiger partial charge in [-0.3, -0.25) is 4.79 Å². The average molecular weight is 334 g/mol. The summed E-state index contributed by atoms with van der Waals surface area (Å²) in [5.41, 5.74) is 0. The van der Waals surface area contributed by atoms with Crippen LogP contribution in [0.25, 0.3) is 0 Å². The van der Waals surface area contributed by atoms with Gasteiger partial charge < -0.3 is 4.90 Å². The van der Waals surface area contributed by atoms with E-state index in [1.54, 1.807) is 0 Å². The third-order valence-corrected chi connectivity index (χ3v) is 4.80. The van der Waals surface area contributed by atoms with E-state index >= 15 is 0 Å². The summed E-state index contributed by atoms with van der Waals surface area (Å²) in [7, 11) is 0. The molecule has 0 aromatic carbocycles. The largest absolute Gasteiger partial charge is 0.343 e. The van der Waals surface area contributed by atoms with Gasteiger partial charge in [0, 0.05) is 19.5 Å². The third-order valence-electron chi connectivity index (χ3n) is 4.80. The molecule has 24 heavy (non-hydrogen) atoms. The second-order valence-electron chi connectivity index (χ2n) is 7.07. The van der Waals surface area contributed by atoms with Crippen molar-refractivity contribution in [2.45, 2.75) is 96.8 Å². The molecule has 0 unspecified atom stereocenters. The van der Waals surface area contributed by atoms with Crippen LogP contribution in [0.5, 0.6) is 0 Å². The molecule has 2 heteroatoms. The maximum atomic E-state index is 11.9. The van der Waals surface area contributed by atoms with Crippen molar-refractivity contribution in [3.05, 3.63) is 24.3 Å². The predicted molar refractivity (Wildman–Crippen MR) is 105 cm³/mol. The molecule has 1 rings (SSSR count). The van der Waals surface area contributed by atoms with E-state index < -0.39 is 0 Å². The summed E-state index contributed by atoms with van der Waals surface area (Å²) in [6.07, 6.45) is 26.1. The summed E-state index contributed by atoms with van der Waals surface area (Å²) in [5, 5.41) is 0. The molecule has 2 nitrogen and oxygen atoms in total. The lowest BCUT2D eigenvalue weighted by Gasteiger charge is -2.14. The Morgan fingerprint density at radius 2 is 1.38 bits per heavy atom. The van der Waals surface area contributed by atoms with E-state index in [2.05, 4.69) is 31.2 Å². The van der Waals surface area contributed by atoms with Crippen molar-refractivity contribution >= 4 is 5.91 Å². The molecule has 1 saturated heterocycles. The summed E-state index contributed by atoms with van der Waals surface area (Å²) in [5.74, 6) is 0.387. The van der Waals surface area contributed by atoms with E-state index in [4.69, 9.17) is 0 Å². The molecule has 0 bridgehead atoms. The smallest absolute Gasteiger partial charge is 0.222 e. The van der Waals surface area contributed by atoms with Crippen LogP contribution in [0.4, 0.5) is 0 Å². The first-order chi connectivity index (χ1) is 11.8. The lowest BCUT2D eigenvalue weighted by Crippen LogP contribution is -2.27. The van der Waals surface area contributed by atoms with E-state index in [0.29, 0.717) is 5.91 Å². The Bertz CT molecular complexity index is 353. The van der Waals surface area contributed by atoms with E-state index in [1.165, 1.54) is 70.6 Å². The molecule has 1 aliphatic rings. The normalized spacial score (nSPS) is 15.1. The molecule has 0 spiro atoms. The molecule has 0 N–H and O–H groups in total. The Kier molecular flexibility index (Phi) is 13.5. The topological polar surface area (TPSA) is 20.3 Å². The fourth-order valence-electron chi connectivity index (χ4n) is 3.21. The molecule has 1 aliphatic heterocycles. The number of rotatable bonds is 14. The predicted octanol–water partition coefficient (Wildman–Crippen LogP) is 6.42. The van der Waals surface area contributed by atoms with Crippen LogP contribution in [-0.2, 0) is 4.79 Å². The molecule has 1 heterocycles. The summed E-state index contributed by atoms with van der Waals surface area (Å²) in [4.78, 5) is 13.9. The highest BCUT2D eigenvalue weighted by molar-refractivity contribution is 5.76. The van der Waals surface area contributed by atoms with Crippen LogP contribution < -0.4 is 0 Å². The number of hydrogen-bond donors (Lipinski definition) is 0. The molecule has 0 atom stereocenters. The molecule has 0 aromatic heterocycles. The third kappa shape index (κ3) is 11.5. The summed E-state index contributed by atoms with van der Waals surface area (Å²) >= 11 is 0. The van der Waals surface area contributed by atoms with Crippen LogP contribution in [0.1, 0.15) is 96.8 Å². The number of carbonyl (C=O) groups excluding carboxylic acids is 1. The number of likely N-dealkylation sites (tertiary alicyclic amines) is 1. The monoisotopic (exact) mass is 333 g/mol. The fraction of sp³-hybridized carbons (Fsp3) is 0.773. The van der Waals surface area contributed by atoms with Crippen molar-refractivity contribution in [2.75, 3.05) is 13.1 Å². The average Bonchev–Trinajstić information content (AvgIpc) is 3.13. The zero-order chi connectivity index (χ0) is 17.3. The van der Waals surface area contributed by atoms with Crippen LogP contribution in [0.15, 0.2) is 24.3 Å². The van der Waals surface area contributed by atoms with Gasteiger partial charge in [0.05, 0.1) is 0 Å². The van der Waals surface area contributed by atoms with E-state index in [-0.39, 0.29) is 0 Å². The summed E-state index contributed by atoms with van der Waals surface area (Å²) in [6.45, 7) is 4.25. The molecule has 1 fully saturated rings. The Labute approximate surface area is 150 Å². The maximum Gasteiger partial charge on any atom is 0.222 e. The highest BCUT2D eigenvalue weighted by Crippen LogP contribution is 2.12. The lowest BCUT2D eigenvalue weighted by atomic mass is 10.1. The fourth-order valence-corrected chi connectivity index (χ4v) is 3.21. The first kappa shape index (κ1) is 21.0. The standard InChI is InChI=1S/C22H39NO/c1-2-3-4-5-6-7-8-9-10-11-12-13-14-15-16-19-22(24)23-20-17-18-21-23/h6-7,9-10H,2-5,8,11-21H2,1H3/b7-6+,10-9+. The first-order valence-corrected chi connectivity index (χ1v) is 10.4. The van der Waals surface area contributed by atoms with Crippen LogP contribution in [0.3, 0.4) is 0 Å². The molecule has 0 aromatic rings. The van der Waals surface area contributed by atoms with Crippen molar-refractivity contribution in [3.63, 3.8) is 0 Å². The molecular weight excluding hydrogens is 294 g/mol. The number of nitrogens with zero attached hydrogens (tertiary/aromatic N) is 1. The van der Waals surface area contributed by atoms with Crippen LogP contribution in [-0.4, -0.2) is 23.9 Å². The molecule has 138 valence electrons. The van der Waals surface area contributed by atoms with Gasteiger partial charge in [-0.25, -0.2) is 0 Å². The van der Waals surface area contributed by atoms with Crippen LogP contribution in [0.2, 0.25) is 0 Å². The van der Waals surface area contributed by atoms with Gasteiger partial charge >= 0.3 is 0 Å². The zero-order valence-corrected chi connectivity index (χ0v) is 16.0. The Hall–Kier alpha value is -1.05. The van der Waals surface area contributed by atoms with Gasteiger partial charge in [0.1, 0.15) is 0 Å². The SMILES string of the molecule is CCCCC/C=C/C/C=C/CCCCCCCC(=O)N1CCCC1.